The van der Waals surface area contributed by atoms with Gasteiger partial charge in [-0.05, 0) is 78.6 Å². The van der Waals surface area contributed by atoms with E-state index in [9.17, 15) is 9.59 Å². The predicted molar refractivity (Wildman–Crippen MR) is 167 cm³/mol. The lowest BCUT2D eigenvalue weighted by atomic mass is 9.97. The fourth-order valence-electron chi connectivity index (χ4n) is 4.48. The molecule has 0 unspecified atom stereocenters. The molecule has 0 saturated carbocycles. The number of ether oxygens (including phenoxy) is 3. The third-order valence-corrected chi connectivity index (χ3v) is 8.80. The van der Waals surface area contributed by atoms with Crippen LogP contribution in [-0.2, 0) is 9.53 Å². The van der Waals surface area contributed by atoms with Crippen molar-refractivity contribution in [2.24, 2.45) is 4.99 Å². The minimum absolute atomic E-state index is 0.0124. The highest BCUT2D eigenvalue weighted by Gasteiger charge is 2.35. The highest BCUT2D eigenvalue weighted by molar-refractivity contribution is 14.1. The number of hydrogen-bond acceptors (Lipinski definition) is 8. The second kappa shape index (κ2) is 12.1. The number of hydrogen-bond donors (Lipinski definition) is 0. The Labute approximate surface area is 253 Å². The smallest absolute Gasteiger partial charge is 0.338 e. The standard InChI is InChI=1S/C30H27IN2O5S2/c1-5-37-29(35)24-25(19-10-7-6-8-11-19)32-30-33(26(24)22-12-9-13-39-22)28(34)23(40-30)16-18-14-20(31)27(38-17(2)3)21(15-18)36-4/h6-17,26H,5H2,1-4H3/b23-16-/t26-/m0/s1. The molecule has 0 radical (unpaired) electrons. The van der Waals surface area contributed by atoms with Crippen molar-refractivity contribution in [2.45, 2.75) is 32.9 Å². The van der Waals surface area contributed by atoms with Crippen molar-refractivity contribution >= 4 is 63.0 Å². The van der Waals surface area contributed by atoms with E-state index in [4.69, 9.17) is 19.2 Å². The Kier molecular flexibility index (Phi) is 8.57. The van der Waals surface area contributed by atoms with Gasteiger partial charge in [0.25, 0.3) is 5.56 Å². The van der Waals surface area contributed by atoms with Gasteiger partial charge in [0.2, 0.25) is 0 Å². The largest absolute Gasteiger partial charge is 0.493 e. The maximum atomic E-state index is 14.0. The Morgan fingerprint density at radius 3 is 2.60 bits per heavy atom. The fourth-order valence-corrected chi connectivity index (χ4v) is 7.06. The molecule has 3 heterocycles. The molecular weight excluding hydrogens is 659 g/mol. The molecule has 206 valence electrons. The van der Waals surface area contributed by atoms with E-state index in [1.165, 1.54) is 22.7 Å². The molecular formula is C30H27IN2O5S2. The summed E-state index contributed by atoms with van der Waals surface area (Å²) in [5.74, 6) is 0.769. The van der Waals surface area contributed by atoms with Crippen LogP contribution < -0.4 is 24.4 Å². The maximum Gasteiger partial charge on any atom is 0.338 e. The molecule has 40 heavy (non-hydrogen) atoms. The van der Waals surface area contributed by atoms with Crippen molar-refractivity contribution in [3.05, 3.63) is 105 Å². The molecule has 0 spiro atoms. The van der Waals surface area contributed by atoms with Gasteiger partial charge in [0.15, 0.2) is 16.3 Å². The summed E-state index contributed by atoms with van der Waals surface area (Å²) >= 11 is 4.99. The molecule has 1 atom stereocenters. The molecule has 0 N–H and O–H groups in total. The highest BCUT2D eigenvalue weighted by Crippen LogP contribution is 2.37. The molecule has 0 bridgehead atoms. The van der Waals surface area contributed by atoms with Crippen molar-refractivity contribution in [3.63, 3.8) is 0 Å². The number of aromatic nitrogens is 1. The lowest BCUT2D eigenvalue weighted by Gasteiger charge is -2.24. The van der Waals surface area contributed by atoms with Crippen LogP contribution >= 0.6 is 45.3 Å². The van der Waals surface area contributed by atoms with Crippen LogP contribution in [0.5, 0.6) is 11.5 Å². The van der Waals surface area contributed by atoms with E-state index < -0.39 is 12.0 Å². The van der Waals surface area contributed by atoms with Crippen molar-refractivity contribution in [1.29, 1.82) is 0 Å². The normalized spacial score (nSPS) is 15.2. The molecule has 4 aromatic rings. The van der Waals surface area contributed by atoms with Crippen LogP contribution in [0, 0.1) is 3.57 Å². The number of benzene rings is 2. The Hall–Kier alpha value is -3.22. The summed E-state index contributed by atoms with van der Waals surface area (Å²) in [5, 5.41) is 1.94. The number of methoxy groups -OCH3 is 1. The lowest BCUT2D eigenvalue weighted by molar-refractivity contribution is -0.138. The van der Waals surface area contributed by atoms with E-state index in [0.29, 0.717) is 32.1 Å². The maximum absolute atomic E-state index is 14.0. The van der Waals surface area contributed by atoms with Gasteiger partial charge in [-0.15, -0.1) is 11.3 Å². The van der Waals surface area contributed by atoms with Crippen LogP contribution in [0.2, 0.25) is 0 Å². The Morgan fingerprint density at radius 2 is 1.95 bits per heavy atom. The van der Waals surface area contributed by atoms with E-state index in [-0.39, 0.29) is 18.3 Å². The van der Waals surface area contributed by atoms with Crippen molar-refractivity contribution in [1.82, 2.24) is 4.57 Å². The first-order valence-electron chi connectivity index (χ1n) is 12.7. The summed E-state index contributed by atoms with van der Waals surface area (Å²) in [4.78, 5) is 33.7. The molecule has 2 aromatic carbocycles. The number of nitrogens with zero attached hydrogens (tertiary/aromatic N) is 2. The molecule has 0 aliphatic carbocycles. The first kappa shape index (κ1) is 28.3. The minimum atomic E-state index is -0.663. The van der Waals surface area contributed by atoms with Gasteiger partial charge in [-0.25, -0.2) is 9.79 Å². The van der Waals surface area contributed by atoms with Gasteiger partial charge in [0, 0.05) is 10.4 Å². The predicted octanol–water partition coefficient (Wildman–Crippen LogP) is 5.40. The molecule has 1 aliphatic heterocycles. The van der Waals surface area contributed by atoms with Crippen LogP contribution in [0.1, 0.15) is 42.8 Å². The molecule has 10 heteroatoms. The molecule has 0 saturated heterocycles. The monoisotopic (exact) mass is 686 g/mol. The van der Waals surface area contributed by atoms with Crippen LogP contribution in [0.3, 0.4) is 0 Å². The van der Waals surface area contributed by atoms with Crippen LogP contribution in [-0.4, -0.2) is 30.4 Å². The van der Waals surface area contributed by atoms with Crippen LogP contribution in [0.15, 0.2) is 75.3 Å². The van der Waals surface area contributed by atoms with E-state index in [2.05, 4.69) is 22.6 Å². The van der Waals surface area contributed by atoms with Gasteiger partial charge in [0.1, 0.15) is 6.04 Å². The van der Waals surface area contributed by atoms with Gasteiger partial charge in [-0.2, -0.15) is 0 Å². The number of carbonyl (C=O) groups excluding carboxylic acids is 1. The van der Waals surface area contributed by atoms with Crippen molar-refractivity contribution < 1.29 is 19.0 Å². The third kappa shape index (κ3) is 5.52. The summed E-state index contributed by atoms with van der Waals surface area (Å²) in [7, 11) is 1.60. The SMILES string of the molecule is CCOC(=O)C1=C(c2ccccc2)N=c2s/c(=C\c3cc(I)c(OC(C)C)c(OC)c3)c(=O)n2[C@H]1c1cccs1. The van der Waals surface area contributed by atoms with E-state index in [0.717, 1.165) is 19.6 Å². The number of halogens is 1. The quantitative estimate of drug-likeness (QED) is 0.184. The zero-order valence-corrected chi connectivity index (χ0v) is 26.1. The summed E-state index contributed by atoms with van der Waals surface area (Å²) in [6.45, 7) is 5.90. The number of thiophene rings is 1. The number of carbonyl (C=O) groups is 1. The topological polar surface area (TPSA) is 79.1 Å². The first-order chi connectivity index (χ1) is 19.3. The molecule has 1 aliphatic rings. The number of fused-ring (bicyclic) bond motifs is 1. The third-order valence-electron chi connectivity index (χ3n) is 6.09. The Morgan fingerprint density at radius 1 is 1.18 bits per heavy atom. The van der Waals surface area contributed by atoms with E-state index >= 15 is 0 Å². The van der Waals surface area contributed by atoms with E-state index in [1.54, 1.807) is 18.6 Å². The first-order valence-corrected chi connectivity index (χ1v) is 15.5. The molecule has 7 nitrogen and oxygen atoms in total. The second-order valence-corrected chi connectivity index (χ2v) is 12.3. The van der Waals surface area contributed by atoms with Crippen molar-refractivity contribution in [2.75, 3.05) is 13.7 Å². The van der Waals surface area contributed by atoms with Gasteiger partial charge < -0.3 is 14.2 Å². The Balaban J connectivity index is 1.75. The number of esters is 1. The Bertz CT molecular complexity index is 1760. The lowest BCUT2D eigenvalue weighted by Crippen LogP contribution is -2.39. The summed E-state index contributed by atoms with van der Waals surface area (Å²) in [5.41, 5.74) is 2.21. The summed E-state index contributed by atoms with van der Waals surface area (Å²) < 4.78 is 20.0. The molecule has 0 fully saturated rings. The summed E-state index contributed by atoms with van der Waals surface area (Å²) in [6, 6.07) is 16.5. The van der Waals surface area contributed by atoms with Crippen molar-refractivity contribution in [3.8, 4) is 11.5 Å². The minimum Gasteiger partial charge on any atom is -0.493 e. The molecule has 2 aromatic heterocycles. The second-order valence-electron chi connectivity index (χ2n) is 9.15. The molecule has 5 rings (SSSR count). The average Bonchev–Trinajstić information content (AvgIpc) is 3.58. The zero-order valence-electron chi connectivity index (χ0n) is 22.3. The van der Waals surface area contributed by atoms with Gasteiger partial charge in [-0.1, -0.05) is 47.7 Å². The molecule has 0 amide bonds. The van der Waals surface area contributed by atoms with Gasteiger partial charge >= 0.3 is 5.97 Å². The number of thiazole rings is 1. The van der Waals surface area contributed by atoms with Gasteiger partial charge in [0.05, 0.1) is 39.2 Å². The number of rotatable bonds is 8. The van der Waals surface area contributed by atoms with Gasteiger partial charge in [-0.3, -0.25) is 9.36 Å². The average molecular weight is 687 g/mol. The summed E-state index contributed by atoms with van der Waals surface area (Å²) in [6.07, 6.45) is 1.82. The van der Waals surface area contributed by atoms with Crippen LogP contribution in [0.25, 0.3) is 11.8 Å². The zero-order chi connectivity index (χ0) is 28.4. The van der Waals surface area contributed by atoms with E-state index in [1.807, 2.05) is 79.9 Å². The fraction of sp³-hybridized carbons (Fsp3) is 0.233. The highest BCUT2D eigenvalue weighted by atomic mass is 127. The van der Waals surface area contributed by atoms with Crippen LogP contribution in [0.4, 0.5) is 0 Å².